The van der Waals surface area contributed by atoms with E-state index in [9.17, 15) is 9.90 Å². The Kier molecular flexibility index (Phi) is 3.78. The molecule has 94 valence electrons. The summed E-state index contributed by atoms with van der Waals surface area (Å²) in [5.74, 6) is -0.901. The van der Waals surface area contributed by atoms with Crippen LogP contribution in [0.25, 0.3) is 0 Å². The number of carbonyl (C=O) groups is 1. The third-order valence-electron chi connectivity index (χ3n) is 2.62. The van der Waals surface area contributed by atoms with Crippen molar-refractivity contribution in [3.8, 4) is 5.75 Å². The minimum Gasteiger partial charge on any atom is -0.496 e. The number of hydrogen-bond donors (Lipinski definition) is 2. The molecule has 0 aromatic heterocycles. The summed E-state index contributed by atoms with van der Waals surface area (Å²) < 4.78 is 5.06. The zero-order valence-corrected chi connectivity index (χ0v) is 10.5. The van der Waals surface area contributed by atoms with Crippen molar-refractivity contribution in [2.75, 3.05) is 7.11 Å². The van der Waals surface area contributed by atoms with Crippen LogP contribution in [-0.2, 0) is 10.2 Å². The normalized spacial score (nSPS) is 13.2. The van der Waals surface area contributed by atoms with Crippen molar-refractivity contribution in [1.82, 2.24) is 0 Å². The number of benzene rings is 1. The zero-order valence-electron chi connectivity index (χ0n) is 10.5. The zero-order chi connectivity index (χ0) is 13.2. The minimum atomic E-state index is -1.56. The van der Waals surface area contributed by atoms with Crippen LogP contribution in [0.3, 0.4) is 0 Å². The van der Waals surface area contributed by atoms with Gasteiger partial charge in [-0.2, -0.15) is 0 Å². The number of ether oxygens (including phenoxy) is 1. The number of carboxylic acid groups (broad SMARTS) is 1. The maximum absolute atomic E-state index is 10.8. The number of aliphatic hydroxyl groups is 1. The number of rotatable bonds is 3. The quantitative estimate of drug-likeness (QED) is 0.846. The van der Waals surface area contributed by atoms with E-state index in [0.29, 0.717) is 5.75 Å². The maximum atomic E-state index is 10.8. The average molecular weight is 238 g/mol. The first-order chi connectivity index (χ1) is 7.77. The Hall–Kier alpha value is -1.55. The first kappa shape index (κ1) is 13.5. The largest absolute Gasteiger partial charge is 0.496 e. The molecule has 0 saturated carbocycles. The smallest absolute Gasteiger partial charge is 0.337 e. The van der Waals surface area contributed by atoms with Gasteiger partial charge in [-0.25, -0.2) is 4.79 Å². The Balaban J connectivity index is 3.29. The molecule has 4 nitrogen and oxygen atoms in total. The van der Waals surface area contributed by atoms with Gasteiger partial charge < -0.3 is 14.9 Å². The molecule has 17 heavy (non-hydrogen) atoms. The van der Waals surface area contributed by atoms with Gasteiger partial charge in [-0.1, -0.05) is 26.8 Å². The van der Waals surface area contributed by atoms with E-state index in [1.807, 2.05) is 26.8 Å². The van der Waals surface area contributed by atoms with Crippen LogP contribution in [0.2, 0.25) is 0 Å². The van der Waals surface area contributed by atoms with Gasteiger partial charge in [0.2, 0.25) is 0 Å². The van der Waals surface area contributed by atoms with Crippen molar-refractivity contribution in [3.05, 3.63) is 29.3 Å². The molecule has 0 spiro atoms. The Morgan fingerprint density at radius 2 is 1.94 bits per heavy atom. The van der Waals surface area contributed by atoms with Crippen molar-refractivity contribution in [2.45, 2.75) is 32.3 Å². The fourth-order valence-electron chi connectivity index (χ4n) is 1.55. The molecular weight excluding hydrogens is 220 g/mol. The number of carboxylic acids is 1. The fraction of sp³-hybridized carbons (Fsp3) is 0.462. The molecular formula is C13H18O4. The second-order valence-electron chi connectivity index (χ2n) is 4.95. The van der Waals surface area contributed by atoms with Gasteiger partial charge in [0.15, 0.2) is 6.10 Å². The van der Waals surface area contributed by atoms with Crippen LogP contribution in [0.1, 0.15) is 38.0 Å². The predicted octanol–water partition coefficient (Wildman–Crippen LogP) is 2.11. The number of methoxy groups -OCH3 is 1. The van der Waals surface area contributed by atoms with Gasteiger partial charge in [0, 0.05) is 5.56 Å². The van der Waals surface area contributed by atoms with Crippen LogP contribution in [0.15, 0.2) is 18.2 Å². The van der Waals surface area contributed by atoms with Crippen LogP contribution in [0.4, 0.5) is 0 Å². The number of aliphatic hydroxyl groups excluding tert-OH is 1. The third kappa shape index (κ3) is 2.97. The molecule has 0 saturated heterocycles. The third-order valence-corrected chi connectivity index (χ3v) is 2.62. The lowest BCUT2D eigenvalue weighted by Gasteiger charge is -2.21. The van der Waals surface area contributed by atoms with Crippen LogP contribution < -0.4 is 4.74 Å². The molecule has 0 unspecified atom stereocenters. The molecule has 0 fully saturated rings. The standard InChI is InChI=1S/C13H18O4/c1-13(2,3)8-5-6-10(17-4)9(7-8)11(14)12(15)16/h5-7,11,14H,1-4H3,(H,15,16)/t11-/m0/s1. The van der Waals surface area contributed by atoms with Crippen molar-refractivity contribution in [3.63, 3.8) is 0 Å². The Morgan fingerprint density at radius 1 is 1.35 bits per heavy atom. The molecule has 0 aliphatic rings. The topological polar surface area (TPSA) is 66.8 Å². The van der Waals surface area contributed by atoms with E-state index in [0.717, 1.165) is 5.56 Å². The molecule has 1 rings (SSSR count). The monoisotopic (exact) mass is 238 g/mol. The average Bonchev–Trinajstić information content (AvgIpc) is 2.25. The second-order valence-corrected chi connectivity index (χ2v) is 4.95. The molecule has 0 amide bonds. The summed E-state index contributed by atoms with van der Waals surface area (Å²) in [6, 6.07) is 5.23. The summed E-state index contributed by atoms with van der Waals surface area (Å²) in [5, 5.41) is 18.5. The summed E-state index contributed by atoms with van der Waals surface area (Å²) in [6.07, 6.45) is -1.56. The molecule has 2 N–H and O–H groups in total. The SMILES string of the molecule is COc1ccc(C(C)(C)C)cc1[C@H](O)C(=O)O. The Labute approximate surface area is 101 Å². The molecule has 0 bridgehead atoms. The summed E-state index contributed by atoms with van der Waals surface area (Å²) in [7, 11) is 1.45. The number of hydrogen-bond acceptors (Lipinski definition) is 3. The van der Waals surface area contributed by atoms with E-state index in [4.69, 9.17) is 9.84 Å². The van der Waals surface area contributed by atoms with Gasteiger partial charge in [-0.3, -0.25) is 0 Å². The molecule has 0 radical (unpaired) electrons. The lowest BCUT2D eigenvalue weighted by Crippen LogP contribution is -2.15. The molecule has 0 aliphatic heterocycles. The van der Waals surface area contributed by atoms with Gasteiger partial charge >= 0.3 is 5.97 Å². The highest BCUT2D eigenvalue weighted by Crippen LogP contribution is 2.31. The van der Waals surface area contributed by atoms with Crippen molar-refractivity contribution in [2.24, 2.45) is 0 Å². The fourth-order valence-corrected chi connectivity index (χ4v) is 1.55. The summed E-state index contributed by atoms with van der Waals surface area (Å²) in [5.41, 5.74) is 1.13. The summed E-state index contributed by atoms with van der Waals surface area (Å²) in [4.78, 5) is 10.8. The highest BCUT2D eigenvalue weighted by molar-refractivity contribution is 5.75. The molecule has 1 aromatic carbocycles. The highest BCUT2D eigenvalue weighted by Gasteiger charge is 2.23. The van der Waals surface area contributed by atoms with Gasteiger partial charge in [-0.05, 0) is 23.1 Å². The van der Waals surface area contributed by atoms with Crippen molar-refractivity contribution < 1.29 is 19.7 Å². The van der Waals surface area contributed by atoms with E-state index >= 15 is 0 Å². The Morgan fingerprint density at radius 3 is 2.35 bits per heavy atom. The van der Waals surface area contributed by atoms with Crippen LogP contribution >= 0.6 is 0 Å². The second kappa shape index (κ2) is 4.75. The predicted molar refractivity (Wildman–Crippen MR) is 64.3 cm³/mol. The molecule has 4 heteroatoms. The summed E-state index contributed by atoms with van der Waals surface area (Å²) >= 11 is 0. The highest BCUT2D eigenvalue weighted by atomic mass is 16.5. The lowest BCUT2D eigenvalue weighted by atomic mass is 9.85. The summed E-state index contributed by atoms with van der Waals surface area (Å²) in [6.45, 7) is 6.06. The molecule has 0 aliphatic carbocycles. The van der Waals surface area contributed by atoms with Gasteiger partial charge in [0.1, 0.15) is 5.75 Å². The number of aliphatic carboxylic acids is 1. The molecule has 0 heterocycles. The maximum Gasteiger partial charge on any atom is 0.337 e. The van der Waals surface area contributed by atoms with E-state index < -0.39 is 12.1 Å². The minimum absolute atomic E-state index is 0.112. The van der Waals surface area contributed by atoms with Crippen LogP contribution in [0, 0.1) is 0 Å². The molecule has 1 aromatic rings. The van der Waals surface area contributed by atoms with Crippen LogP contribution in [-0.4, -0.2) is 23.3 Å². The van der Waals surface area contributed by atoms with Crippen LogP contribution in [0.5, 0.6) is 5.75 Å². The van der Waals surface area contributed by atoms with E-state index in [1.165, 1.54) is 7.11 Å². The van der Waals surface area contributed by atoms with E-state index in [-0.39, 0.29) is 11.0 Å². The van der Waals surface area contributed by atoms with Gasteiger partial charge in [0.25, 0.3) is 0 Å². The lowest BCUT2D eigenvalue weighted by molar-refractivity contribution is -0.147. The van der Waals surface area contributed by atoms with Crippen molar-refractivity contribution in [1.29, 1.82) is 0 Å². The Bertz CT molecular complexity index is 418. The van der Waals surface area contributed by atoms with E-state index in [1.54, 1.807) is 12.1 Å². The van der Waals surface area contributed by atoms with Gasteiger partial charge in [0.05, 0.1) is 7.11 Å². The van der Waals surface area contributed by atoms with Gasteiger partial charge in [-0.15, -0.1) is 0 Å². The van der Waals surface area contributed by atoms with E-state index in [2.05, 4.69) is 0 Å². The first-order valence-electron chi connectivity index (χ1n) is 5.36. The van der Waals surface area contributed by atoms with Crippen molar-refractivity contribution >= 4 is 5.97 Å². The first-order valence-corrected chi connectivity index (χ1v) is 5.36. The molecule has 1 atom stereocenters.